The van der Waals surface area contributed by atoms with Gasteiger partial charge in [0.2, 0.25) is 11.8 Å². The van der Waals surface area contributed by atoms with Crippen LogP contribution in [-0.2, 0) is 9.59 Å². The van der Waals surface area contributed by atoms with Gasteiger partial charge in [0, 0.05) is 36.1 Å². The van der Waals surface area contributed by atoms with Crippen LogP contribution in [0.5, 0.6) is 5.75 Å². The van der Waals surface area contributed by atoms with E-state index in [1.165, 1.54) is 0 Å². The van der Waals surface area contributed by atoms with Crippen molar-refractivity contribution < 1.29 is 18.7 Å². The fourth-order valence-electron chi connectivity index (χ4n) is 4.64. The zero-order valence-electron chi connectivity index (χ0n) is 19.8. The number of benzene rings is 3. The quantitative estimate of drug-likeness (QED) is 0.337. The lowest BCUT2D eigenvalue weighted by Crippen LogP contribution is -2.41. The zero-order valence-corrected chi connectivity index (χ0v) is 19.8. The fraction of sp³-hybridized carbons (Fsp3) is 0.241. The van der Waals surface area contributed by atoms with Crippen LogP contribution in [-0.4, -0.2) is 35.7 Å². The number of aromatic nitrogens is 1. The number of piperidine rings is 1. The number of halogens is 1. The number of hydrogen-bond acceptors (Lipinski definition) is 4. The molecule has 36 heavy (non-hydrogen) atoms. The number of fused-ring (bicyclic) bond motifs is 1. The van der Waals surface area contributed by atoms with Gasteiger partial charge in [-0.15, -0.1) is 0 Å². The summed E-state index contributed by atoms with van der Waals surface area (Å²) in [5.74, 6) is 0.000480. The maximum absolute atomic E-state index is 15.0. The molecule has 4 aromatic rings. The van der Waals surface area contributed by atoms with Gasteiger partial charge in [-0.1, -0.05) is 72.8 Å². The molecule has 0 radical (unpaired) electrons. The molecule has 0 spiro atoms. The van der Waals surface area contributed by atoms with Crippen LogP contribution in [0.2, 0.25) is 0 Å². The van der Waals surface area contributed by atoms with Crippen molar-refractivity contribution >= 4 is 22.6 Å². The van der Waals surface area contributed by atoms with Gasteiger partial charge in [0.05, 0.1) is 6.04 Å². The minimum absolute atomic E-state index is 0.105. The summed E-state index contributed by atoms with van der Waals surface area (Å²) in [5, 5.41) is 7.42. The van der Waals surface area contributed by atoms with E-state index >= 15 is 0 Å². The summed E-state index contributed by atoms with van der Waals surface area (Å²) in [6, 6.07) is 24.9. The Morgan fingerprint density at radius 3 is 2.31 bits per heavy atom. The molecule has 2 N–H and O–H groups in total. The average molecular weight is 486 g/mol. The maximum atomic E-state index is 15.0. The van der Waals surface area contributed by atoms with Crippen LogP contribution < -0.4 is 15.4 Å². The molecule has 184 valence electrons. The van der Waals surface area contributed by atoms with Crippen molar-refractivity contribution in [2.24, 2.45) is 0 Å². The number of nitrogens with zero attached hydrogens (tertiary/aromatic N) is 1. The molecular formula is C29H28FN3O3. The van der Waals surface area contributed by atoms with Crippen molar-refractivity contribution in [3.8, 4) is 5.75 Å². The van der Waals surface area contributed by atoms with E-state index in [4.69, 9.17) is 4.74 Å². The van der Waals surface area contributed by atoms with E-state index in [0.29, 0.717) is 18.6 Å². The number of nitrogens with one attached hydrogen (secondary N) is 2. The van der Waals surface area contributed by atoms with Crippen LogP contribution in [0.4, 0.5) is 4.39 Å². The molecule has 1 aliphatic rings. The van der Waals surface area contributed by atoms with E-state index in [1.54, 1.807) is 10.6 Å². The molecule has 2 amide bonds. The van der Waals surface area contributed by atoms with Crippen molar-refractivity contribution in [3.63, 3.8) is 0 Å². The van der Waals surface area contributed by atoms with E-state index in [-0.39, 0.29) is 31.0 Å². The number of rotatable bonds is 9. The zero-order chi connectivity index (χ0) is 24.9. The highest BCUT2D eigenvalue weighted by Crippen LogP contribution is 2.30. The predicted molar refractivity (Wildman–Crippen MR) is 136 cm³/mol. The van der Waals surface area contributed by atoms with Gasteiger partial charge >= 0.3 is 0 Å². The van der Waals surface area contributed by atoms with Gasteiger partial charge in [0.15, 0.2) is 0 Å². The molecule has 0 aliphatic carbocycles. The highest BCUT2D eigenvalue weighted by Gasteiger charge is 2.28. The molecule has 1 aromatic heterocycles. The molecule has 6 nitrogen and oxygen atoms in total. The second-order valence-electron chi connectivity index (χ2n) is 9.00. The highest BCUT2D eigenvalue weighted by molar-refractivity contribution is 6.00. The first-order valence-corrected chi connectivity index (χ1v) is 12.1. The lowest BCUT2D eigenvalue weighted by molar-refractivity contribution is -0.135. The number of amides is 2. The van der Waals surface area contributed by atoms with Crippen LogP contribution in [0.1, 0.15) is 36.1 Å². The highest BCUT2D eigenvalue weighted by atomic mass is 19.1. The summed E-state index contributed by atoms with van der Waals surface area (Å²) in [5.41, 5.74) is 2.13. The van der Waals surface area contributed by atoms with Crippen LogP contribution >= 0.6 is 0 Å². The normalized spacial score (nSPS) is 16.8. The predicted octanol–water partition coefficient (Wildman–Crippen LogP) is 4.72. The van der Waals surface area contributed by atoms with Crippen molar-refractivity contribution in [2.45, 2.75) is 31.1 Å². The topological polar surface area (TPSA) is 72.4 Å². The Kier molecular flexibility index (Phi) is 7.09. The molecule has 1 saturated heterocycles. The van der Waals surface area contributed by atoms with Crippen LogP contribution in [0.25, 0.3) is 10.8 Å². The summed E-state index contributed by atoms with van der Waals surface area (Å²) in [4.78, 5) is 23.8. The summed E-state index contributed by atoms with van der Waals surface area (Å²) in [6.45, 7) is 0.0216. The molecule has 0 saturated carbocycles. The third kappa shape index (κ3) is 5.31. The van der Waals surface area contributed by atoms with Crippen LogP contribution in [0.15, 0.2) is 91.3 Å². The first kappa shape index (κ1) is 23.8. The lowest BCUT2D eigenvalue weighted by atomic mass is 9.98. The largest absolute Gasteiger partial charge is 0.490 e. The summed E-state index contributed by atoms with van der Waals surface area (Å²) < 4.78 is 22.7. The number of carbonyl (C=O) groups is 2. The third-order valence-electron chi connectivity index (χ3n) is 6.47. The van der Waals surface area contributed by atoms with Gasteiger partial charge in [-0.2, -0.15) is 0 Å². The smallest absolute Gasteiger partial charge is 0.249 e. The van der Waals surface area contributed by atoms with E-state index in [2.05, 4.69) is 10.6 Å². The molecule has 2 atom stereocenters. The van der Waals surface area contributed by atoms with Gasteiger partial charge in [0.25, 0.3) is 0 Å². The second kappa shape index (κ2) is 10.7. The maximum Gasteiger partial charge on any atom is 0.249 e. The van der Waals surface area contributed by atoms with Gasteiger partial charge < -0.3 is 14.6 Å². The number of carbonyl (C=O) groups excluding carboxylic acids is 2. The first-order chi connectivity index (χ1) is 17.6. The van der Waals surface area contributed by atoms with Crippen molar-refractivity contribution in [1.29, 1.82) is 0 Å². The third-order valence-corrected chi connectivity index (χ3v) is 6.47. The van der Waals surface area contributed by atoms with Crippen LogP contribution in [0.3, 0.4) is 0 Å². The molecule has 5 rings (SSSR count). The Bertz CT molecular complexity index is 1300. The Morgan fingerprint density at radius 1 is 0.944 bits per heavy atom. The van der Waals surface area contributed by atoms with Crippen molar-refractivity contribution in [1.82, 2.24) is 15.2 Å². The number of imide groups is 1. The van der Waals surface area contributed by atoms with Crippen molar-refractivity contribution in [3.05, 3.63) is 102 Å². The molecule has 3 aromatic carbocycles. The second-order valence-corrected chi connectivity index (χ2v) is 9.00. The van der Waals surface area contributed by atoms with E-state index < -0.39 is 12.2 Å². The molecule has 1 fully saturated rings. The van der Waals surface area contributed by atoms with Crippen LogP contribution in [0, 0.1) is 0 Å². The Balaban J connectivity index is 1.25. The Labute approximate surface area is 209 Å². The SMILES string of the molecule is O=C1CCC(n2cc3cccc(OCC(F)CNC(c4ccccc4)c4ccccc4)c3c2)C(=O)N1. The van der Waals surface area contributed by atoms with E-state index in [0.717, 1.165) is 21.9 Å². The molecule has 2 heterocycles. The number of ether oxygens (including phenoxy) is 1. The van der Waals surface area contributed by atoms with Crippen molar-refractivity contribution in [2.75, 3.05) is 13.2 Å². The van der Waals surface area contributed by atoms with E-state index in [1.807, 2.05) is 85.2 Å². The van der Waals surface area contributed by atoms with E-state index in [9.17, 15) is 14.0 Å². The fourth-order valence-corrected chi connectivity index (χ4v) is 4.64. The molecular weight excluding hydrogens is 457 g/mol. The molecule has 0 bridgehead atoms. The first-order valence-electron chi connectivity index (χ1n) is 12.1. The summed E-state index contributed by atoms with van der Waals surface area (Å²) in [7, 11) is 0. The lowest BCUT2D eigenvalue weighted by Gasteiger charge is -2.22. The van der Waals surface area contributed by atoms with Gasteiger partial charge in [0.1, 0.15) is 24.6 Å². The minimum atomic E-state index is -1.23. The minimum Gasteiger partial charge on any atom is -0.490 e. The summed E-state index contributed by atoms with van der Waals surface area (Å²) >= 11 is 0. The number of hydrogen-bond donors (Lipinski definition) is 2. The van der Waals surface area contributed by atoms with Gasteiger partial charge in [-0.05, 0) is 23.6 Å². The Hall–Kier alpha value is -3.97. The molecule has 1 aliphatic heterocycles. The monoisotopic (exact) mass is 485 g/mol. The molecule has 2 unspecified atom stereocenters. The molecule has 7 heteroatoms. The Morgan fingerprint density at radius 2 is 1.64 bits per heavy atom. The van der Waals surface area contributed by atoms with Gasteiger partial charge in [-0.25, -0.2) is 4.39 Å². The standard InChI is InChI=1S/C29H28FN3O3/c30-23(16-31-28(20-8-3-1-4-9-20)21-10-5-2-6-11-21)19-36-26-13-7-12-22-17-33(18-24(22)26)25-14-15-27(34)32-29(25)35/h1-13,17-18,23,25,28,31H,14-16,19H2,(H,32,34,35). The summed E-state index contributed by atoms with van der Waals surface area (Å²) in [6.07, 6.45) is 3.22. The average Bonchev–Trinajstić information content (AvgIpc) is 3.33. The number of alkyl halides is 1. The van der Waals surface area contributed by atoms with Gasteiger partial charge in [-0.3, -0.25) is 14.9 Å².